The average molecular weight is 243 g/mol. The lowest BCUT2D eigenvalue weighted by Crippen LogP contribution is -2.05. The number of allylic oxidation sites excluding steroid dienone is 1. The normalized spacial score (nSPS) is 12.8. The van der Waals surface area contributed by atoms with Crippen molar-refractivity contribution in [2.45, 2.75) is 27.7 Å². The fraction of sp³-hybridized carbons (Fsp3) is 0.357. The first-order chi connectivity index (χ1) is 8.47. The molecule has 0 saturated heterocycles. The predicted octanol–water partition coefficient (Wildman–Crippen LogP) is 3.58. The van der Waals surface area contributed by atoms with Gasteiger partial charge in [0.05, 0.1) is 5.56 Å². The number of rotatable bonds is 2. The van der Waals surface area contributed by atoms with E-state index in [0.29, 0.717) is 11.8 Å². The second-order valence-corrected chi connectivity index (χ2v) is 5.26. The summed E-state index contributed by atoms with van der Waals surface area (Å²) in [4.78, 5) is 4.03. The van der Waals surface area contributed by atoms with Crippen LogP contribution in [-0.4, -0.2) is 15.2 Å². The fourth-order valence-electron chi connectivity index (χ4n) is 1.30. The van der Waals surface area contributed by atoms with Gasteiger partial charge in [-0.1, -0.05) is 26.3 Å². The summed E-state index contributed by atoms with van der Waals surface area (Å²) < 4.78 is 5.60. The minimum atomic E-state index is 0.100. The standard InChI is InChI=1S/C14H17N3O/c1-10(14(2,3)4)8-12-16-17-13(18-12)11-6-5-7-15-9-11/h5-9H,1-4H3/b10-8+. The Morgan fingerprint density at radius 1 is 1.28 bits per heavy atom. The molecule has 0 fully saturated rings. The minimum absolute atomic E-state index is 0.100. The predicted molar refractivity (Wildman–Crippen MR) is 70.6 cm³/mol. The Bertz CT molecular complexity index is 550. The molecule has 0 amide bonds. The first-order valence-corrected chi connectivity index (χ1v) is 5.89. The second kappa shape index (κ2) is 4.72. The van der Waals surface area contributed by atoms with Crippen molar-refractivity contribution in [1.29, 1.82) is 0 Å². The molecular weight excluding hydrogens is 226 g/mol. The minimum Gasteiger partial charge on any atom is -0.417 e. The molecule has 4 heteroatoms. The lowest BCUT2D eigenvalue weighted by molar-refractivity contribution is 0.502. The van der Waals surface area contributed by atoms with E-state index in [1.165, 1.54) is 5.57 Å². The van der Waals surface area contributed by atoms with Gasteiger partial charge < -0.3 is 4.42 Å². The Hall–Kier alpha value is -1.97. The van der Waals surface area contributed by atoms with Gasteiger partial charge in [0.2, 0.25) is 11.8 Å². The average Bonchev–Trinajstić information content (AvgIpc) is 2.77. The van der Waals surface area contributed by atoms with Gasteiger partial charge in [-0.25, -0.2) is 0 Å². The molecule has 0 aromatic carbocycles. The Morgan fingerprint density at radius 2 is 2.06 bits per heavy atom. The highest BCUT2D eigenvalue weighted by molar-refractivity contribution is 5.52. The van der Waals surface area contributed by atoms with Gasteiger partial charge in [-0.15, -0.1) is 10.2 Å². The number of hydrogen-bond acceptors (Lipinski definition) is 4. The molecule has 2 aromatic heterocycles. The quantitative estimate of drug-likeness (QED) is 0.809. The van der Waals surface area contributed by atoms with Crippen LogP contribution in [0.5, 0.6) is 0 Å². The lowest BCUT2D eigenvalue weighted by atomic mass is 9.87. The fourth-order valence-corrected chi connectivity index (χ4v) is 1.30. The molecule has 4 nitrogen and oxygen atoms in total. The molecule has 0 atom stereocenters. The van der Waals surface area contributed by atoms with E-state index in [-0.39, 0.29) is 5.41 Å². The van der Waals surface area contributed by atoms with Gasteiger partial charge in [-0.05, 0) is 24.5 Å². The molecule has 0 N–H and O–H groups in total. The summed E-state index contributed by atoms with van der Waals surface area (Å²) in [7, 11) is 0. The topological polar surface area (TPSA) is 51.8 Å². The highest BCUT2D eigenvalue weighted by Gasteiger charge is 2.14. The Labute approximate surface area is 107 Å². The Balaban J connectivity index is 2.27. The van der Waals surface area contributed by atoms with E-state index in [2.05, 4.69) is 42.9 Å². The third-order valence-electron chi connectivity index (χ3n) is 2.87. The van der Waals surface area contributed by atoms with E-state index in [0.717, 1.165) is 5.56 Å². The van der Waals surface area contributed by atoms with Gasteiger partial charge >= 0.3 is 0 Å². The van der Waals surface area contributed by atoms with Crippen LogP contribution in [0.3, 0.4) is 0 Å². The van der Waals surface area contributed by atoms with Crippen LogP contribution in [0.15, 0.2) is 34.5 Å². The van der Waals surface area contributed by atoms with E-state index in [1.54, 1.807) is 12.4 Å². The number of aromatic nitrogens is 3. The first kappa shape index (κ1) is 12.5. The first-order valence-electron chi connectivity index (χ1n) is 5.89. The summed E-state index contributed by atoms with van der Waals surface area (Å²) in [5, 5.41) is 8.05. The van der Waals surface area contributed by atoms with Crippen molar-refractivity contribution in [3.8, 4) is 11.5 Å². The molecule has 2 aromatic rings. The molecule has 2 heterocycles. The molecule has 0 aliphatic carbocycles. The molecular formula is C14H17N3O. The van der Waals surface area contributed by atoms with Crippen molar-refractivity contribution in [2.24, 2.45) is 5.41 Å². The molecule has 0 aliphatic heterocycles. The molecule has 18 heavy (non-hydrogen) atoms. The van der Waals surface area contributed by atoms with Crippen LogP contribution in [0.4, 0.5) is 0 Å². The van der Waals surface area contributed by atoms with E-state index in [1.807, 2.05) is 18.2 Å². The molecule has 0 aliphatic rings. The lowest BCUT2D eigenvalue weighted by Gasteiger charge is -2.18. The van der Waals surface area contributed by atoms with Gasteiger partial charge in [-0.3, -0.25) is 4.98 Å². The van der Waals surface area contributed by atoms with Crippen molar-refractivity contribution in [2.75, 3.05) is 0 Å². The maximum Gasteiger partial charge on any atom is 0.249 e. The van der Waals surface area contributed by atoms with Crippen molar-refractivity contribution < 1.29 is 4.42 Å². The Morgan fingerprint density at radius 3 is 2.67 bits per heavy atom. The molecule has 2 rings (SSSR count). The molecule has 0 radical (unpaired) electrons. The summed E-state index contributed by atoms with van der Waals surface area (Å²) in [5.41, 5.74) is 2.13. The van der Waals surface area contributed by atoms with E-state index >= 15 is 0 Å². The molecule has 0 saturated carbocycles. The zero-order chi connectivity index (χ0) is 13.2. The molecule has 0 bridgehead atoms. The van der Waals surface area contributed by atoms with Gasteiger partial charge in [0, 0.05) is 18.5 Å². The summed E-state index contributed by atoms with van der Waals surface area (Å²) in [6.07, 6.45) is 5.34. The van der Waals surface area contributed by atoms with E-state index in [9.17, 15) is 0 Å². The van der Waals surface area contributed by atoms with Crippen LogP contribution in [0.1, 0.15) is 33.6 Å². The van der Waals surface area contributed by atoms with E-state index in [4.69, 9.17) is 4.42 Å². The summed E-state index contributed by atoms with van der Waals surface area (Å²) in [6.45, 7) is 8.51. The second-order valence-electron chi connectivity index (χ2n) is 5.26. The molecule has 0 unspecified atom stereocenters. The third kappa shape index (κ3) is 2.83. The van der Waals surface area contributed by atoms with Crippen LogP contribution in [0, 0.1) is 5.41 Å². The van der Waals surface area contributed by atoms with Crippen LogP contribution in [0.2, 0.25) is 0 Å². The van der Waals surface area contributed by atoms with Crippen LogP contribution < -0.4 is 0 Å². The zero-order valence-electron chi connectivity index (χ0n) is 11.1. The van der Waals surface area contributed by atoms with Gasteiger partial charge in [0.15, 0.2) is 0 Å². The summed E-state index contributed by atoms with van der Waals surface area (Å²) in [5.74, 6) is 1.03. The largest absolute Gasteiger partial charge is 0.417 e. The Kier molecular flexibility index (Phi) is 3.28. The monoisotopic (exact) mass is 243 g/mol. The van der Waals surface area contributed by atoms with Gasteiger partial charge in [-0.2, -0.15) is 0 Å². The third-order valence-corrected chi connectivity index (χ3v) is 2.87. The van der Waals surface area contributed by atoms with Gasteiger partial charge in [0.1, 0.15) is 0 Å². The van der Waals surface area contributed by atoms with Gasteiger partial charge in [0.25, 0.3) is 0 Å². The smallest absolute Gasteiger partial charge is 0.249 e. The van der Waals surface area contributed by atoms with Crippen LogP contribution in [-0.2, 0) is 0 Å². The maximum absolute atomic E-state index is 5.60. The number of nitrogens with zero attached hydrogens (tertiary/aromatic N) is 3. The van der Waals surface area contributed by atoms with Crippen LogP contribution in [0.25, 0.3) is 17.5 Å². The van der Waals surface area contributed by atoms with Crippen molar-refractivity contribution in [1.82, 2.24) is 15.2 Å². The maximum atomic E-state index is 5.60. The molecule has 0 spiro atoms. The van der Waals surface area contributed by atoms with Crippen molar-refractivity contribution in [3.63, 3.8) is 0 Å². The summed E-state index contributed by atoms with van der Waals surface area (Å²) >= 11 is 0. The van der Waals surface area contributed by atoms with Crippen LogP contribution >= 0.6 is 0 Å². The van der Waals surface area contributed by atoms with Crippen molar-refractivity contribution in [3.05, 3.63) is 36.0 Å². The highest BCUT2D eigenvalue weighted by atomic mass is 16.4. The zero-order valence-corrected chi connectivity index (χ0v) is 11.1. The summed E-state index contributed by atoms with van der Waals surface area (Å²) in [6, 6.07) is 3.74. The number of hydrogen-bond donors (Lipinski definition) is 0. The highest BCUT2D eigenvalue weighted by Crippen LogP contribution is 2.26. The number of pyridine rings is 1. The van der Waals surface area contributed by atoms with Crippen molar-refractivity contribution >= 4 is 6.08 Å². The molecule has 94 valence electrons. The van der Waals surface area contributed by atoms with E-state index < -0.39 is 0 Å². The SMILES string of the molecule is C/C(=C\c1nnc(-c2cccnc2)o1)C(C)(C)C.